The first-order chi connectivity index (χ1) is 6.31. The van der Waals surface area contributed by atoms with Gasteiger partial charge in [-0.15, -0.1) is 0 Å². The smallest absolute Gasteiger partial charge is 0.161 e. The van der Waals surface area contributed by atoms with Crippen molar-refractivity contribution in [1.29, 1.82) is 0 Å². The molecule has 0 spiro atoms. The molecule has 0 amide bonds. The fourth-order valence-corrected chi connectivity index (χ4v) is 1.15. The predicted octanol–water partition coefficient (Wildman–Crippen LogP) is 2.74. The average molecular weight is 178 g/mol. The zero-order chi connectivity index (χ0) is 9.68. The summed E-state index contributed by atoms with van der Waals surface area (Å²) in [4.78, 5) is 0. The molecule has 2 nitrogen and oxygen atoms in total. The van der Waals surface area contributed by atoms with E-state index in [2.05, 4.69) is 0 Å². The molecule has 0 saturated carbocycles. The predicted molar refractivity (Wildman–Crippen MR) is 54.3 cm³/mol. The van der Waals surface area contributed by atoms with Gasteiger partial charge in [-0.2, -0.15) is 0 Å². The van der Waals surface area contributed by atoms with Crippen molar-refractivity contribution < 1.29 is 9.47 Å². The maximum atomic E-state index is 5.16. The molecule has 0 fully saturated rings. The molecule has 0 atom stereocenters. The molecule has 2 heteroatoms. The number of methoxy groups -OCH3 is 2. The van der Waals surface area contributed by atoms with E-state index in [9.17, 15) is 0 Å². The molecular weight excluding hydrogens is 164 g/mol. The normalized spacial score (nSPS) is 10.4. The van der Waals surface area contributed by atoms with Crippen LogP contribution in [0.5, 0.6) is 11.5 Å². The Kier molecular flexibility index (Phi) is 3.38. The van der Waals surface area contributed by atoms with Gasteiger partial charge in [0.25, 0.3) is 0 Å². The third-order valence-electron chi connectivity index (χ3n) is 1.77. The fraction of sp³-hybridized carbons (Fsp3) is 0.273. The second-order valence-corrected chi connectivity index (χ2v) is 2.61. The van der Waals surface area contributed by atoms with Crippen molar-refractivity contribution in [3.05, 3.63) is 29.8 Å². The highest BCUT2D eigenvalue weighted by molar-refractivity contribution is 5.55. The van der Waals surface area contributed by atoms with Crippen LogP contribution in [0.3, 0.4) is 0 Å². The minimum Gasteiger partial charge on any atom is -0.493 e. The Labute approximate surface area is 78.8 Å². The van der Waals surface area contributed by atoms with E-state index >= 15 is 0 Å². The molecule has 0 aliphatic carbocycles. The highest BCUT2D eigenvalue weighted by Gasteiger charge is 2.01. The van der Waals surface area contributed by atoms with Gasteiger partial charge in [0.05, 0.1) is 14.2 Å². The van der Waals surface area contributed by atoms with E-state index in [4.69, 9.17) is 9.47 Å². The summed E-state index contributed by atoms with van der Waals surface area (Å²) in [6, 6.07) is 5.83. The molecule has 0 aliphatic rings. The number of hydrogen-bond acceptors (Lipinski definition) is 2. The SMILES string of the molecule is C/C=C/c1ccc(OC)c(OC)c1. The number of ether oxygens (including phenoxy) is 2. The molecule has 70 valence electrons. The molecule has 0 N–H and O–H groups in total. The van der Waals surface area contributed by atoms with Gasteiger partial charge in [-0.3, -0.25) is 0 Å². The monoisotopic (exact) mass is 178 g/mol. The molecule has 0 bridgehead atoms. The maximum Gasteiger partial charge on any atom is 0.161 e. The highest BCUT2D eigenvalue weighted by atomic mass is 16.5. The second-order valence-electron chi connectivity index (χ2n) is 2.61. The van der Waals surface area contributed by atoms with E-state index in [1.165, 1.54) is 0 Å². The second kappa shape index (κ2) is 4.55. The molecule has 0 saturated heterocycles. The van der Waals surface area contributed by atoms with Crippen LogP contribution in [-0.4, -0.2) is 14.2 Å². The van der Waals surface area contributed by atoms with Gasteiger partial charge in [0, 0.05) is 0 Å². The summed E-state index contributed by atoms with van der Waals surface area (Å²) < 4.78 is 10.3. The van der Waals surface area contributed by atoms with Crippen LogP contribution in [-0.2, 0) is 0 Å². The molecule has 0 aliphatic heterocycles. The first kappa shape index (κ1) is 9.65. The summed E-state index contributed by atoms with van der Waals surface area (Å²) in [7, 11) is 3.27. The Morgan fingerprint density at radius 3 is 2.31 bits per heavy atom. The van der Waals surface area contributed by atoms with Crippen LogP contribution >= 0.6 is 0 Å². The topological polar surface area (TPSA) is 18.5 Å². The maximum absolute atomic E-state index is 5.16. The summed E-state index contributed by atoms with van der Waals surface area (Å²) in [5.41, 5.74) is 1.11. The van der Waals surface area contributed by atoms with Crippen molar-refractivity contribution in [1.82, 2.24) is 0 Å². The van der Waals surface area contributed by atoms with E-state index in [1.807, 2.05) is 37.3 Å². The molecule has 0 unspecified atom stereocenters. The summed E-state index contributed by atoms with van der Waals surface area (Å²) in [6.45, 7) is 1.98. The lowest BCUT2D eigenvalue weighted by Crippen LogP contribution is -1.90. The average Bonchev–Trinajstić information content (AvgIpc) is 2.18. The van der Waals surface area contributed by atoms with Crippen molar-refractivity contribution in [2.75, 3.05) is 14.2 Å². The van der Waals surface area contributed by atoms with E-state index < -0.39 is 0 Å². The van der Waals surface area contributed by atoms with Gasteiger partial charge in [0.1, 0.15) is 0 Å². The van der Waals surface area contributed by atoms with Gasteiger partial charge in [-0.1, -0.05) is 18.2 Å². The number of hydrogen-bond donors (Lipinski definition) is 0. The molecular formula is C11H14O2. The van der Waals surface area contributed by atoms with Crippen LogP contribution in [0.15, 0.2) is 24.3 Å². The lowest BCUT2D eigenvalue weighted by molar-refractivity contribution is 0.355. The first-order valence-corrected chi connectivity index (χ1v) is 4.16. The summed E-state index contributed by atoms with van der Waals surface area (Å²) in [6.07, 6.45) is 4.00. The summed E-state index contributed by atoms with van der Waals surface area (Å²) in [5.74, 6) is 1.52. The van der Waals surface area contributed by atoms with Crippen LogP contribution in [0, 0.1) is 0 Å². The zero-order valence-corrected chi connectivity index (χ0v) is 8.20. The van der Waals surface area contributed by atoms with E-state index in [0.29, 0.717) is 0 Å². The lowest BCUT2D eigenvalue weighted by Gasteiger charge is -2.07. The van der Waals surface area contributed by atoms with Gasteiger partial charge in [0.2, 0.25) is 0 Å². The Balaban J connectivity index is 3.05. The van der Waals surface area contributed by atoms with Gasteiger partial charge >= 0.3 is 0 Å². The highest BCUT2D eigenvalue weighted by Crippen LogP contribution is 2.27. The summed E-state index contributed by atoms with van der Waals surface area (Å²) >= 11 is 0. The van der Waals surface area contributed by atoms with E-state index in [-0.39, 0.29) is 0 Å². The van der Waals surface area contributed by atoms with Crippen LogP contribution < -0.4 is 9.47 Å². The van der Waals surface area contributed by atoms with Crippen molar-refractivity contribution in [3.63, 3.8) is 0 Å². The van der Waals surface area contributed by atoms with Gasteiger partial charge in [-0.05, 0) is 24.6 Å². The van der Waals surface area contributed by atoms with Gasteiger partial charge in [-0.25, -0.2) is 0 Å². The Morgan fingerprint density at radius 2 is 1.77 bits per heavy atom. The minimum absolute atomic E-state index is 0.760. The Morgan fingerprint density at radius 1 is 1.08 bits per heavy atom. The molecule has 13 heavy (non-hydrogen) atoms. The van der Waals surface area contributed by atoms with Crippen molar-refractivity contribution in [2.45, 2.75) is 6.92 Å². The van der Waals surface area contributed by atoms with Crippen molar-refractivity contribution in [2.24, 2.45) is 0 Å². The minimum atomic E-state index is 0.760. The standard InChI is InChI=1S/C11H14O2/c1-4-5-9-6-7-10(12-2)11(8-9)13-3/h4-8H,1-3H3/b5-4+. The quantitative estimate of drug-likeness (QED) is 0.708. The number of benzene rings is 1. The van der Waals surface area contributed by atoms with Crippen LogP contribution in [0.2, 0.25) is 0 Å². The molecule has 1 rings (SSSR count). The molecule has 0 aromatic heterocycles. The molecule has 1 aromatic rings. The van der Waals surface area contributed by atoms with E-state index in [1.54, 1.807) is 14.2 Å². The van der Waals surface area contributed by atoms with Gasteiger partial charge < -0.3 is 9.47 Å². The largest absolute Gasteiger partial charge is 0.493 e. The Bertz CT molecular complexity index is 303. The van der Waals surface area contributed by atoms with Gasteiger partial charge in [0.15, 0.2) is 11.5 Å². The molecule has 0 heterocycles. The lowest BCUT2D eigenvalue weighted by atomic mass is 10.2. The summed E-state index contributed by atoms with van der Waals surface area (Å²) in [5, 5.41) is 0. The zero-order valence-electron chi connectivity index (χ0n) is 8.20. The number of allylic oxidation sites excluding steroid dienone is 1. The van der Waals surface area contributed by atoms with Crippen LogP contribution in [0.4, 0.5) is 0 Å². The number of rotatable bonds is 3. The fourth-order valence-electron chi connectivity index (χ4n) is 1.15. The molecule has 0 radical (unpaired) electrons. The van der Waals surface area contributed by atoms with E-state index in [0.717, 1.165) is 17.1 Å². The third-order valence-corrected chi connectivity index (χ3v) is 1.77. The van der Waals surface area contributed by atoms with Crippen LogP contribution in [0.1, 0.15) is 12.5 Å². The van der Waals surface area contributed by atoms with Crippen molar-refractivity contribution >= 4 is 6.08 Å². The molecule has 1 aromatic carbocycles. The Hall–Kier alpha value is -1.44. The first-order valence-electron chi connectivity index (χ1n) is 4.16. The van der Waals surface area contributed by atoms with Crippen LogP contribution in [0.25, 0.3) is 6.08 Å². The van der Waals surface area contributed by atoms with Crippen molar-refractivity contribution in [3.8, 4) is 11.5 Å². The third kappa shape index (κ3) is 2.25.